The van der Waals surface area contributed by atoms with Gasteiger partial charge in [-0.05, 0) is 74.2 Å². The molecule has 0 fully saturated rings. The van der Waals surface area contributed by atoms with Crippen molar-refractivity contribution in [1.29, 1.82) is 0 Å². The molecule has 0 bridgehead atoms. The molecule has 0 unspecified atom stereocenters. The van der Waals surface area contributed by atoms with E-state index in [0.29, 0.717) is 16.9 Å². The summed E-state index contributed by atoms with van der Waals surface area (Å²) in [5.74, 6) is 0.126. The summed E-state index contributed by atoms with van der Waals surface area (Å²) in [6.45, 7) is 7.65. The molecule has 0 radical (unpaired) electrons. The quantitative estimate of drug-likeness (QED) is 0.501. The van der Waals surface area contributed by atoms with Crippen LogP contribution in [0.15, 0.2) is 45.6 Å². The van der Waals surface area contributed by atoms with Crippen molar-refractivity contribution in [3.05, 3.63) is 74.6 Å². The Bertz CT molecular complexity index is 1040. The highest BCUT2D eigenvalue weighted by Crippen LogP contribution is 2.22. The maximum Gasteiger partial charge on any atom is 0.344 e. The van der Waals surface area contributed by atoms with Crippen LogP contribution in [0.5, 0.6) is 5.75 Å². The van der Waals surface area contributed by atoms with Crippen LogP contribution in [0.3, 0.4) is 0 Å². The van der Waals surface area contributed by atoms with Crippen LogP contribution in [-0.2, 0) is 16.1 Å². The molecule has 0 saturated carbocycles. The van der Waals surface area contributed by atoms with Crippen molar-refractivity contribution in [3.8, 4) is 5.75 Å². The number of aryl methyl sites for hydroxylation is 4. The van der Waals surface area contributed by atoms with Crippen LogP contribution in [0.2, 0.25) is 0 Å². The number of esters is 1. The molecule has 140 valence electrons. The summed E-state index contributed by atoms with van der Waals surface area (Å²) in [5, 5.41) is 0.765. The smallest absolute Gasteiger partial charge is 0.344 e. The molecular formula is C22H22O5. The zero-order chi connectivity index (χ0) is 19.6. The fourth-order valence-electron chi connectivity index (χ4n) is 2.96. The third kappa shape index (κ3) is 4.56. The van der Waals surface area contributed by atoms with E-state index in [1.54, 1.807) is 0 Å². The van der Waals surface area contributed by atoms with Crippen LogP contribution < -0.4 is 10.4 Å². The molecule has 3 aromatic rings. The summed E-state index contributed by atoms with van der Waals surface area (Å²) in [4.78, 5) is 23.8. The first-order valence-electron chi connectivity index (χ1n) is 8.72. The third-order valence-corrected chi connectivity index (χ3v) is 4.39. The Morgan fingerprint density at radius 2 is 1.59 bits per heavy atom. The van der Waals surface area contributed by atoms with Crippen molar-refractivity contribution in [3.63, 3.8) is 0 Å². The number of hydrogen-bond acceptors (Lipinski definition) is 5. The van der Waals surface area contributed by atoms with Gasteiger partial charge in [-0.3, -0.25) is 0 Å². The number of ether oxygens (including phenoxy) is 2. The Hall–Kier alpha value is -3.08. The summed E-state index contributed by atoms with van der Waals surface area (Å²) < 4.78 is 16.1. The molecule has 27 heavy (non-hydrogen) atoms. The van der Waals surface area contributed by atoms with E-state index in [4.69, 9.17) is 13.9 Å². The number of rotatable bonds is 5. The zero-order valence-electron chi connectivity index (χ0n) is 15.9. The molecule has 5 nitrogen and oxygen atoms in total. The van der Waals surface area contributed by atoms with Gasteiger partial charge in [-0.15, -0.1) is 0 Å². The molecule has 0 atom stereocenters. The summed E-state index contributed by atoms with van der Waals surface area (Å²) in [6.07, 6.45) is 0. The van der Waals surface area contributed by atoms with Gasteiger partial charge in [0, 0.05) is 17.0 Å². The minimum absolute atomic E-state index is 0.0142. The van der Waals surface area contributed by atoms with E-state index in [-0.39, 0.29) is 13.2 Å². The Morgan fingerprint density at radius 1 is 0.926 bits per heavy atom. The second-order valence-corrected chi connectivity index (χ2v) is 6.80. The Kier molecular flexibility index (Phi) is 5.31. The van der Waals surface area contributed by atoms with Crippen molar-refractivity contribution >= 4 is 16.9 Å². The molecule has 0 N–H and O–H groups in total. The van der Waals surface area contributed by atoms with Gasteiger partial charge in [0.2, 0.25) is 0 Å². The highest BCUT2D eigenvalue weighted by atomic mass is 16.6. The van der Waals surface area contributed by atoms with Crippen LogP contribution in [0.1, 0.15) is 27.8 Å². The molecule has 0 aliphatic carbocycles. The topological polar surface area (TPSA) is 65.7 Å². The van der Waals surface area contributed by atoms with Gasteiger partial charge >= 0.3 is 11.6 Å². The van der Waals surface area contributed by atoms with Gasteiger partial charge in [0.1, 0.15) is 17.9 Å². The van der Waals surface area contributed by atoms with Crippen molar-refractivity contribution in [1.82, 2.24) is 0 Å². The monoisotopic (exact) mass is 366 g/mol. The number of benzene rings is 2. The lowest BCUT2D eigenvalue weighted by Gasteiger charge is -2.10. The second kappa shape index (κ2) is 7.66. The molecule has 3 rings (SSSR count). The predicted molar refractivity (Wildman–Crippen MR) is 103 cm³/mol. The van der Waals surface area contributed by atoms with E-state index in [9.17, 15) is 9.59 Å². The fourth-order valence-corrected chi connectivity index (χ4v) is 2.96. The number of hydrogen-bond donors (Lipinski definition) is 0. The van der Waals surface area contributed by atoms with Gasteiger partial charge in [0.25, 0.3) is 0 Å². The summed E-state index contributed by atoms with van der Waals surface area (Å²) in [6, 6.07) is 10.9. The van der Waals surface area contributed by atoms with E-state index < -0.39 is 11.6 Å². The SMILES string of the molecule is Cc1cc(C)cc(OCC(=O)OCc2cc(=O)oc3cc(C)c(C)cc23)c1. The van der Waals surface area contributed by atoms with Gasteiger partial charge in [-0.25, -0.2) is 9.59 Å². The lowest BCUT2D eigenvalue weighted by Crippen LogP contribution is -2.15. The first kappa shape index (κ1) is 18.7. The predicted octanol–water partition coefficient (Wildman–Crippen LogP) is 4.15. The second-order valence-electron chi connectivity index (χ2n) is 6.80. The van der Waals surface area contributed by atoms with Gasteiger partial charge in [-0.1, -0.05) is 6.07 Å². The highest BCUT2D eigenvalue weighted by molar-refractivity contribution is 5.82. The molecule has 0 amide bonds. The van der Waals surface area contributed by atoms with Gasteiger partial charge in [0.05, 0.1) is 0 Å². The number of carbonyl (C=O) groups excluding carboxylic acids is 1. The van der Waals surface area contributed by atoms with Gasteiger partial charge in [0.15, 0.2) is 6.61 Å². The standard InChI is InChI=1S/C22H22O5/c1-13-5-14(2)7-18(6-13)25-12-22(24)26-11-17-10-21(23)27-20-9-16(4)15(3)8-19(17)20/h5-10H,11-12H2,1-4H3. The normalized spacial score (nSPS) is 10.8. The molecule has 1 heterocycles. The van der Waals surface area contributed by atoms with Crippen LogP contribution in [0, 0.1) is 27.7 Å². The minimum atomic E-state index is -0.501. The summed E-state index contributed by atoms with van der Waals surface area (Å²) >= 11 is 0. The first-order chi connectivity index (χ1) is 12.8. The van der Waals surface area contributed by atoms with Crippen LogP contribution in [-0.4, -0.2) is 12.6 Å². The highest BCUT2D eigenvalue weighted by Gasteiger charge is 2.11. The Labute approximate surface area is 157 Å². The zero-order valence-corrected chi connectivity index (χ0v) is 15.9. The lowest BCUT2D eigenvalue weighted by molar-refractivity contribution is -0.147. The average molecular weight is 366 g/mol. The maximum atomic E-state index is 12.1. The molecule has 0 aliphatic rings. The van der Waals surface area contributed by atoms with E-state index in [1.807, 2.05) is 58.0 Å². The van der Waals surface area contributed by atoms with E-state index in [0.717, 1.165) is 27.6 Å². The molecule has 0 aliphatic heterocycles. The Balaban J connectivity index is 1.70. The van der Waals surface area contributed by atoms with Crippen molar-refractivity contribution in [2.24, 2.45) is 0 Å². The average Bonchev–Trinajstić information content (AvgIpc) is 2.58. The Morgan fingerprint density at radius 3 is 2.30 bits per heavy atom. The molecule has 1 aromatic heterocycles. The fraction of sp³-hybridized carbons (Fsp3) is 0.273. The minimum Gasteiger partial charge on any atom is -0.482 e. The molecular weight excluding hydrogens is 344 g/mol. The molecule has 0 spiro atoms. The van der Waals surface area contributed by atoms with Crippen LogP contribution >= 0.6 is 0 Å². The van der Waals surface area contributed by atoms with E-state index in [2.05, 4.69) is 0 Å². The maximum absolute atomic E-state index is 12.1. The first-order valence-corrected chi connectivity index (χ1v) is 8.72. The van der Waals surface area contributed by atoms with Crippen LogP contribution in [0.25, 0.3) is 11.0 Å². The van der Waals surface area contributed by atoms with E-state index in [1.165, 1.54) is 6.07 Å². The van der Waals surface area contributed by atoms with Crippen LogP contribution in [0.4, 0.5) is 0 Å². The third-order valence-electron chi connectivity index (χ3n) is 4.39. The van der Waals surface area contributed by atoms with Crippen molar-refractivity contribution in [2.75, 3.05) is 6.61 Å². The van der Waals surface area contributed by atoms with Crippen molar-refractivity contribution < 1.29 is 18.7 Å². The van der Waals surface area contributed by atoms with Gasteiger partial charge < -0.3 is 13.9 Å². The van der Waals surface area contributed by atoms with E-state index >= 15 is 0 Å². The van der Waals surface area contributed by atoms with Gasteiger partial charge in [-0.2, -0.15) is 0 Å². The molecule has 2 aromatic carbocycles. The molecule has 0 saturated heterocycles. The summed E-state index contributed by atoms with van der Waals surface area (Å²) in [5.41, 5.74) is 4.86. The van der Waals surface area contributed by atoms with Crippen molar-refractivity contribution in [2.45, 2.75) is 34.3 Å². The molecule has 5 heteroatoms. The lowest BCUT2D eigenvalue weighted by atomic mass is 10.0. The largest absolute Gasteiger partial charge is 0.482 e. The number of carbonyl (C=O) groups is 1. The number of fused-ring (bicyclic) bond motifs is 1. The summed E-state index contributed by atoms with van der Waals surface area (Å²) in [7, 11) is 0.